The number of phenolic OH excluding ortho intramolecular Hbond substituents is 1. The van der Waals surface area contributed by atoms with Crippen LogP contribution < -0.4 is 16.4 Å². The molecule has 0 bridgehead atoms. The van der Waals surface area contributed by atoms with Crippen LogP contribution >= 0.6 is 0 Å². The lowest BCUT2D eigenvalue weighted by Gasteiger charge is -2.19. The van der Waals surface area contributed by atoms with E-state index in [1.807, 2.05) is 0 Å². The monoisotopic (exact) mass is 309 g/mol. The number of hydrogen-bond donors (Lipinski definition) is 4. The van der Waals surface area contributed by atoms with E-state index >= 15 is 0 Å². The topological polar surface area (TPSA) is 114 Å². The van der Waals surface area contributed by atoms with Crippen LogP contribution in [0.25, 0.3) is 0 Å². The molecule has 0 heterocycles. The first-order valence-electron chi connectivity index (χ1n) is 7.02. The first kappa shape index (κ1) is 17.6. The number of nitrogens with two attached hydrogens (primary N) is 1. The van der Waals surface area contributed by atoms with Crippen LogP contribution in [0.5, 0.6) is 5.75 Å². The fraction of sp³-hybridized carbons (Fsp3) is 0.467. The number of amides is 2. The number of rotatable bonds is 5. The number of nitrogens with one attached hydrogen (secondary N) is 2. The van der Waals surface area contributed by atoms with Crippen LogP contribution in [0.15, 0.2) is 18.2 Å². The zero-order valence-corrected chi connectivity index (χ0v) is 13.1. The molecule has 1 aromatic carbocycles. The standard InChI is InChI=1S/C15H23N3O4/c1-15(2,3)22-14(21)18-8-4-7-17-13(20)11-9-10(19)5-6-12(11)16/h5-6,9,19H,4,7-8,16H2,1-3H3,(H,17,20)(H,18,21). The van der Waals surface area contributed by atoms with Crippen molar-refractivity contribution in [2.75, 3.05) is 18.8 Å². The molecule has 0 aliphatic carbocycles. The van der Waals surface area contributed by atoms with Crippen molar-refractivity contribution in [3.8, 4) is 5.75 Å². The number of anilines is 1. The van der Waals surface area contributed by atoms with E-state index in [1.54, 1.807) is 20.8 Å². The third kappa shape index (κ3) is 6.34. The molecular formula is C15H23N3O4. The minimum atomic E-state index is -0.537. The minimum absolute atomic E-state index is 0.0223. The summed E-state index contributed by atoms with van der Waals surface area (Å²) in [6.07, 6.45) is 0.0556. The number of carbonyl (C=O) groups excluding carboxylic acids is 2. The highest BCUT2D eigenvalue weighted by atomic mass is 16.6. The van der Waals surface area contributed by atoms with Crippen LogP contribution in [0, 0.1) is 0 Å². The SMILES string of the molecule is CC(C)(C)OC(=O)NCCCNC(=O)c1cc(O)ccc1N. The number of hydrogen-bond acceptors (Lipinski definition) is 5. The highest BCUT2D eigenvalue weighted by Gasteiger charge is 2.15. The molecule has 0 atom stereocenters. The van der Waals surface area contributed by atoms with Crippen LogP contribution in [0.4, 0.5) is 10.5 Å². The van der Waals surface area contributed by atoms with Crippen LogP contribution in [0.2, 0.25) is 0 Å². The number of nitrogen functional groups attached to an aromatic ring is 1. The fourth-order valence-electron chi connectivity index (χ4n) is 1.63. The number of carbonyl (C=O) groups is 2. The summed E-state index contributed by atoms with van der Waals surface area (Å²) >= 11 is 0. The number of phenols is 1. The molecule has 122 valence electrons. The molecule has 0 unspecified atom stereocenters. The number of ether oxygens (including phenoxy) is 1. The molecule has 0 radical (unpaired) electrons. The maximum atomic E-state index is 11.9. The van der Waals surface area contributed by atoms with E-state index in [0.717, 1.165) is 0 Å². The molecule has 5 N–H and O–H groups in total. The van der Waals surface area contributed by atoms with Gasteiger partial charge in [0.1, 0.15) is 11.4 Å². The Morgan fingerprint density at radius 2 is 1.86 bits per heavy atom. The van der Waals surface area contributed by atoms with Crippen molar-refractivity contribution in [2.45, 2.75) is 32.8 Å². The molecule has 0 aromatic heterocycles. The van der Waals surface area contributed by atoms with Gasteiger partial charge in [-0.3, -0.25) is 4.79 Å². The van der Waals surface area contributed by atoms with Crippen LogP contribution in [0.1, 0.15) is 37.6 Å². The van der Waals surface area contributed by atoms with Gasteiger partial charge in [0.2, 0.25) is 0 Å². The van der Waals surface area contributed by atoms with Crippen molar-refractivity contribution < 1.29 is 19.4 Å². The summed E-state index contributed by atoms with van der Waals surface area (Å²) in [6, 6.07) is 4.19. The summed E-state index contributed by atoms with van der Waals surface area (Å²) in [7, 11) is 0. The average molecular weight is 309 g/mol. The van der Waals surface area contributed by atoms with E-state index in [1.165, 1.54) is 18.2 Å². The summed E-state index contributed by atoms with van der Waals surface area (Å²) in [6.45, 7) is 6.10. The summed E-state index contributed by atoms with van der Waals surface area (Å²) in [5, 5.41) is 14.6. The summed E-state index contributed by atoms with van der Waals surface area (Å²) in [5.41, 5.74) is 5.65. The Hall–Kier alpha value is -2.44. The molecule has 0 saturated carbocycles. The highest BCUT2D eigenvalue weighted by molar-refractivity contribution is 5.99. The predicted molar refractivity (Wildman–Crippen MR) is 83.7 cm³/mol. The Labute approximate surface area is 129 Å². The van der Waals surface area contributed by atoms with Gasteiger partial charge in [-0.1, -0.05) is 0 Å². The summed E-state index contributed by atoms with van der Waals surface area (Å²) < 4.78 is 5.08. The smallest absolute Gasteiger partial charge is 0.407 e. The lowest BCUT2D eigenvalue weighted by molar-refractivity contribution is 0.0527. The number of aromatic hydroxyl groups is 1. The largest absolute Gasteiger partial charge is 0.508 e. The first-order valence-corrected chi connectivity index (χ1v) is 7.02. The number of benzene rings is 1. The molecule has 0 aliphatic rings. The van der Waals surface area contributed by atoms with Gasteiger partial charge in [0, 0.05) is 18.8 Å². The Bertz CT molecular complexity index is 538. The zero-order valence-electron chi connectivity index (χ0n) is 13.1. The van der Waals surface area contributed by atoms with Crippen LogP contribution in [-0.4, -0.2) is 35.8 Å². The van der Waals surface area contributed by atoms with E-state index in [9.17, 15) is 14.7 Å². The molecule has 2 amide bonds. The molecule has 1 aromatic rings. The second kappa shape index (κ2) is 7.53. The van der Waals surface area contributed by atoms with Crippen molar-refractivity contribution in [1.82, 2.24) is 10.6 Å². The van der Waals surface area contributed by atoms with Crippen LogP contribution in [0.3, 0.4) is 0 Å². The minimum Gasteiger partial charge on any atom is -0.508 e. The normalized spacial score (nSPS) is 10.9. The Kier molecular flexibility index (Phi) is 6.03. The summed E-state index contributed by atoms with van der Waals surface area (Å²) in [4.78, 5) is 23.3. The van der Waals surface area contributed by atoms with Gasteiger partial charge in [0.15, 0.2) is 0 Å². The van der Waals surface area contributed by atoms with Crippen molar-refractivity contribution in [3.63, 3.8) is 0 Å². The Morgan fingerprint density at radius 3 is 2.50 bits per heavy atom. The maximum absolute atomic E-state index is 11.9. The van der Waals surface area contributed by atoms with Gasteiger partial charge < -0.3 is 26.2 Å². The van der Waals surface area contributed by atoms with Crippen molar-refractivity contribution >= 4 is 17.7 Å². The quantitative estimate of drug-likeness (QED) is 0.375. The molecular weight excluding hydrogens is 286 g/mol. The van der Waals surface area contributed by atoms with Crippen molar-refractivity contribution in [1.29, 1.82) is 0 Å². The highest BCUT2D eigenvalue weighted by Crippen LogP contribution is 2.18. The van der Waals surface area contributed by atoms with E-state index in [0.29, 0.717) is 25.2 Å². The third-order valence-electron chi connectivity index (χ3n) is 2.59. The first-order chi connectivity index (χ1) is 10.2. The second-order valence-corrected chi connectivity index (χ2v) is 5.81. The molecule has 0 aliphatic heterocycles. The Balaban J connectivity index is 2.29. The van der Waals surface area contributed by atoms with Crippen LogP contribution in [-0.2, 0) is 4.74 Å². The van der Waals surface area contributed by atoms with E-state index in [-0.39, 0.29) is 17.2 Å². The Morgan fingerprint density at radius 1 is 1.23 bits per heavy atom. The van der Waals surface area contributed by atoms with E-state index < -0.39 is 11.7 Å². The lowest BCUT2D eigenvalue weighted by Crippen LogP contribution is -2.34. The van der Waals surface area contributed by atoms with Crippen molar-refractivity contribution in [2.24, 2.45) is 0 Å². The van der Waals surface area contributed by atoms with Gasteiger partial charge in [0.25, 0.3) is 5.91 Å². The third-order valence-corrected chi connectivity index (χ3v) is 2.59. The predicted octanol–water partition coefficient (Wildman–Crippen LogP) is 1.62. The lowest BCUT2D eigenvalue weighted by atomic mass is 10.1. The van der Waals surface area contributed by atoms with Gasteiger partial charge >= 0.3 is 6.09 Å². The molecule has 7 nitrogen and oxygen atoms in total. The average Bonchev–Trinajstić information content (AvgIpc) is 2.38. The van der Waals surface area contributed by atoms with Gasteiger partial charge in [-0.15, -0.1) is 0 Å². The molecule has 7 heteroatoms. The number of alkyl carbamates (subject to hydrolysis) is 1. The molecule has 0 saturated heterocycles. The molecule has 1 rings (SSSR count). The van der Waals surface area contributed by atoms with Gasteiger partial charge in [-0.25, -0.2) is 4.79 Å². The maximum Gasteiger partial charge on any atom is 0.407 e. The van der Waals surface area contributed by atoms with Gasteiger partial charge in [-0.2, -0.15) is 0 Å². The summed E-state index contributed by atoms with van der Waals surface area (Å²) in [5.74, 6) is -0.392. The zero-order chi connectivity index (χ0) is 16.8. The second-order valence-electron chi connectivity index (χ2n) is 5.81. The molecule has 22 heavy (non-hydrogen) atoms. The van der Waals surface area contributed by atoms with Crippen molar-refractivity contribution in [3.05, 3.63) is 23.8 Å². The fourth-order valence-corrected chi connectivity index (χ4v) is 1.63. The van der Waals surface area contributed by atoms with Gasteiger partial charge in [-0.05, 0) is 45.4 Å². The van der Waals surface area contributed by atoms with Gasteiger partial charge in [0.05, 0.1) is 5.56 Å². The molecule has 0 fully saturated rings. The van der Waals surface area contributed by atoms with E-state index in [2.05, 4.69) is 10.6 Å². The van der Waals surface area contributed by atoms with E-state index in [4.69, 9.17) is 10.5 Å². The molecule has 0 spiro atoms.